The maximum absolute atomic E-state index is 13.2. The Morgan fingerprint density at radius 3 is 2.67 bits per heavy atom. The average molecular weight is 310 g/mol. The quantitative estimate of drug-likeness (QED) is 0.882. The van der Waals surface area contributed by atoms with Gasteiger partial charge in [0.25, 0.3) is 10.0 Å². The van der Waals surface area contributed by atoms with E-state index in [0.29, 0.717) is 11.1 Å². The van der Waals surface area contributed by atoms with Crippen molar-refractivity contribution in [2.75, 3.05) is 0 Å². The van der Waals surface area contributed by atoms with Gasteiger partial charge < -0.3 is 5.11 Å². The lowest BCUT2D eigenvalue weighted by atomic mass is 10.1. The van der Waals surface area contributed by atoms with Crippen LogP contribution in [0.15, 0.2) is 47.6 Å². The third-order valence-electron chi connectivity index (χ3n) is 2.94. The van der Waals surface area contributed by atoms with E-state index in [9.17, 15) is 12.8 Å². The Kier molecular flexibility index (Phi) is 4.66. The molecule has 2 rings (SSSR count). The number of aliphatic hydroxyl groups is 1. The molecule has 2 N–H and O–H groups in total. The van der Waals surface area contributed by atoms with Gasteiger partial charge >= 0.3 is 0 Å². The molecule has 0 radical (unpaired) electrons. The zero-order valence-corrected chi connectivity index (χ0v) is 12.1. The minimum Gasteiger partial charge on any atom is -0.392 e. The van der Waals surface area contributed by atoms with Crippen molar-refractivity contribution in [3.05, 3.63) is 59.5 Å². The number of halogens is 1. The molecular formula is C14H15FN2O3S. The van der Waals surface area contributed by atoms with Crippen molar-refractivity contribution in [2.24, 2.45) is 0 Å². The van der Waals surface area contributed by atoms with E-state index in [1.807, 2.05) is 0 Å². The van der Waals surface area contributed by atoms with Gasteiger partial charge in [-0.3, -0.25) is 0 Å². The number of nitrogens with one attached hydrogen (secondary N) is 1. The molecule has 0 saturated carbocycles. The van der Waals surface area contributed by atoms with Gasteiger partial charge in [-0.2, -0.15) is 0 Å². The van der Waals surface area contributed by atoms with Crippen LogP contribution in [0.4, 0.5) is 4.39 Å². The van der Waals surface area contributed by atoms with Crippen LogP contribution in [0.2, 0.25) is 0 Å². The van der Waals surface area contributed by atoms with E-state index in [4.69, 9.17) is 5.11 Å². The summed E-state index contributed by atoms with van der Waals surface area (Å²) in [6.07, 6.45) is 1.29. The van der Waals surface area contributed by atoms with Crippen LogP contribution in [-0.2, 0) is 16.6 Å². The minimum absolute atomic E-state index is 0.150. The van der Waals surface area contributed by atoms with Gasteiger partial charge in [0.2, 0.25) is 0 Å². The highest BCUT2D eigenvalue weighted by molar-refractivity contribution is 7.89. The normalized spacial score (nSPS) is 13.1. The van der Waals surface area contributed by atoms with Crippen LogP contribution in [0.25, 0.3) is 0 Å². The van der Waals surface area contributed by atoms with Crippen molar-refractivity contribution in [3.8, 4) is 0 Å². The summed E-state index contributed by atoms with van der Waals surface area (Å²) in [5.41, 5.74) is 1.04. The van der Waals surface area contributed by atoms with Crippen LogP contribution in [-0.4, -0.2) is 18.5 Å². The highest BCUT2D eigenvalue weighted by Crippen LogP contribution is 2.17. The Hall–Kier alpha value is -1.83. The molecule has 7 heteroatoms. The van der Waals surface area contributed by atoms with Crippen molar-refractivity contribution < 1.29 is 17.9 Å². The van der Waals surface area contributed by atoms with E-state index in [-0.39, 0.29) is 11.6 Å². The maximum Gasteiger partial charge on any atom is 0.258 e. The fourth-order valence-electron chi connectivity index (χ4n) is 1.80. The molecule has 0 saturated heterocycles. The molecule has 5 nitrogen and oxygen atoms in total. The topological polar surface area (TPSA) is 79.3 Å². The molecule has 0 aliphatic carbocycles. The molecule has 21 heavy (non-hydrogen) atoms. The number of rotatable bonds is 5. The van der Waals surface area contributed by atoms with Gasteiger partial charge in [-0.15, -0.1) is 0 Å². The summed E-state index contributed by atoms with van der Waals surface area (Å²) in [6, 6.07) is 7.92. The molecular weight excluding hydrogens is 295 g/mol. The van der Waals surface area contributed by atoms with Crippen LogP contribution >= 0.6 is 0 Å². The van der Waals surface area contributed by atoms with Crippen molar-refractivity contribution >= 4 is 10.0 Å². The van der Waals surface area contributed by atoms with E-state index in [2.05, 4.69) is 9.71 Å². The number of pyridine rings is 1. The monoisotopic (exact) mass is 310 g/mol. The van der Waals surface area contributed by atoms with E-state index < -0.39 is 21.9 Å². The summed E-state index contributed by atoms with van der Waals surface area (Å²) in [5.74, 6) is -0.427. The third kappa shape index (κ3) is 3.84. The lowest BCUT2D eigenvalue weighted by Gasteiger charge is -2.14. The second kappa shape index (κ2) is 6.30. The molecule has 2 aromatic rings. The van der Waals surface area contributed by atoms with E-state index in [0.717, 1.165) is 0 Å². The van der Waals surface area contributed by atoms with Crippen LogP contribution < -0.4 is 4.72 Å². The number of aromatic nitrogens is 1. The minimum atomic E-state index is -3.81. The van der Waals surface area contributed by atoms with Gasteiger partial charge in [0.05, 0.1) is 6.61 Å². The molecule has 0 fully saturated rings. The summed E-state index contributed by atoms with van der Waals surface area (Å²) in [7, 11) is -3.81. The molecule has 0 amide bonds. The zero-order chi connectivity index (χ0) is 15.5. The Balaban J connectivity index is 2.20. The molecule has 1 aromatic heterocycles. The highest BCUT2D eigenvalue weighted by Gasteiger charge is 2.19. The van der Waals surface area contributed by atoms with Gasteiger partial charge in [-0.1, -0.05) is 18.2 Å². The first-order chi connectivity index (χ1) is 9.92. The van der Waals surface area contributed by atoms with Crippen LogP contribution in [0.1, 0.15) is 24.1 Å². The van der Waals surface area contributed by atoms with Crippen molar-refractivity contribution in [1.82, 2.24) is 9.71 Å². The predicted molar refractivity (Wildman–Crippen MR) is 75.3 cm³/mol. The van der Waals surface area contributed by atoms with Gasteiger partial charge in [0.15, 0.2) is 5.03 Å². The summed E-state index contributed by atoms with van der Waals surface area (Å²) >= 11 is 0. The Labute approximate surface area is 122 Å². The molecule has 1 aromatic carbocycles. The number of hydrogen-bond acceptors (Lipinski definition) is 4. The molecule has 0 bridgehead atoms. The number of sulfonamides is 1. The van der Waals surface area contributed by atoms with Crippen LogP contribution in [0.3, 0.4) is 0 Å². The van der Waals surface area contributed by atoms with Crippen molar-refractivity contribution in [3.63, 3.8) is 0 Å². The third-order valence-corrected chi connectivity index (χ3v) is 4.39. The molecule has 0 aliphatic rings. The second-order valence-corrected chi connectivity index (χ2v) is 6.22. The molecule has 1 atom stereocenters. The SMILES string of the molecule is CC(NS(=O)(=O)c1ccc(CO)cn1)c1cccc(F)c1. The molecule has 0 aliphatic heterocycles. The van der Waals surface area contributed by atoms with Gasteiger partial charge in [0.1, 0.15) is 5.82 Å². The lowest BCUT2D eigenvalue weighted by molar-refractivity contribution is 0.281. The van der Waals surface area contributed by atoms with E-state index in [1.54, 1.807) is 13.0 Å². The fourth-order valence-corrected chi connectivity index (χ4v) is 2.96. The maximum atomic E-state index is 13.2. The summed E-state index contributed by atoms with van der Waals surface area (Å²) in [6.45, 7) is 1.41. The zero-order valence-electron chi connectivity index (χ0n) is 11.3. The Morgan fingerprint density at radius 2 is 2.10 bits per heavy atom. The van der Waals surface area contributed by atoms with Crippen LogP contribution in [0.5, 0.6) is 0 Å². The first-order valence-corrected chi connectivity index (χ1v) is 7.74. The molecule has 0 spiro atoms. The Morgan fingerprint density at radius 1 is 1.33 bits per heavy atom. The average Bonchev–Trinajstić information content (AvgIpc) is 2.47. The lowest BCUT2D eigenvalue weighted by Crippen LogP contribution is -2.27. The highest BCUT2D eigenvalue weighted by atomic mass is 32.2. The van der Waals surface area contributed by atoms with Crippen LogP contribution in [0, 0.1) is 5.82 Å². The molecule has 1 unspecified atom stereocenters. The van der Waals surface area contributed by atoms with E-state index >= 15 is 0 Å². The number of hydrogen-bond donors (Lipinski definition) is 2. The smallest absolute Gasteiger partial charge is 0.258 e. The van der Waals surface area contributed by atoms with Crippen molar-refractivity contribution in [1.29, 1.82) is 0 Å². The number of benzene rings is 1. The van der Waals surface area contributed by atoms with Crippen molar-refractivity contribution in [2.45, 2.75) is 24.6 Å². The summed E-state index contributed by atoms with van der Waals surface area (Å²) < 4.78 is 39.9. The van der Waals surface area contributed by atoms with Gasteiger partial charge in [-0.05, 0) is 36.2 Å². The first kappa shape index (κ1) is 15.6. The summed E-state index contributed by atoms with van der Waals surface area (Å²) in [5, 5.41) is 8.76. The number of nitrogens with zero attached hydrogens (tertiary/aromatic N) is 1. The van der Waals surface area contributed by atoms with Gasteiger partial charge in [0, 0.05) is 12.2 Å². The van der Waals surface area contributed by atoms with Gasteiger partial charge in [-0.25, -0.2) is 22.5 Å². The fraction of sp³-hybridized carbons (Fsp3) is 0.214. The standard InChI is InChI=1S/C14H15FN2O3S/c1-10(12-3-2-4-13(15)7-12)17-21(19,20)14-6-5-11(9-18)8-16-14/h2-8,10,17-18H,9H2,1H3. The second-order valence-electron chi connectivity index (χ2n) is 4.56. The molecule has 112 valence electrons. The van der Waals surface area contributed by atoms with E-state index in [1.165, 1.54) is 36.5 Å². The summed E-state index contributed by atoms with van der Waals surface area (Å²) in [4.78, 5) is 3.80. The first-order valence-electron chi connectivity index (χ1n) is 6.26. The number of aliphatic hydroxyl groups excluding tert-OH is 1. The molecule has 1 heterocycles. The predicted octanol–water partition coefficient (Wildman–Crippen LogP) is 1.75. The largest absolute Gasteiger partial charge is 0.392 e. The Bertz CT molecular complexity index is 717.